The van der Waals surface area contributed by atoms with E-state index in [2.05, 4.69) is 30.3 Å². The standard InChI is InChI=1S/C16H22N8O2S/c1-12(2)23-10-16(18-11-23)27(25,26)19-8-7-17-14-4-5-15(21-20-14)24-9-6-13(3)22-24/h4-6,9-12,19H,7-8H2,1-3H3,(H,17,20). The van der Waals surface area contributed by atoms with Crippen LogP contribution < -0.4 is 10.0 Å². The minimum atomic E-state index is -3.64. The van der Waals surface area contributed by atoms with Gasteiger partial charge in [-0.1, -0.05) is 0 Å². The van der Waals surface area contributed by atoms with Gasteiger partial charge in [-0.15, -0.1) is 10.2 Å². The van der Waals surface area contributed by atoms with Gasteiger partial charge in [0.05, 0.1) is 12.0 Å². The molecule has 0 aliphatic heterocycles. The quantitative estimate of drug-likeness (QED) is 0.553. The smallest absolute Gasteiger partial charge is 0.259 e. The van der Waals surface area contributed by atoms with Gasteiger partial charge >= 0.3 is 0 Å². The summed E-state index contributed by atoms with van der Waals surface area (Å²) in [7, 11) is -3.64. The molecule has 0 aliphatic rings. The minimum Gasteiger partial charge on any atom is -0.367 e. The summed E-state index contributed by atoms with van der Waals surface area (Å²) in [6, 6.07) is 5.57. The van der Waals surface area contributed by atoms with Crippen LogP contribution in [0.25, 0.3) is 5.82 Å². The third-order valence-electron chi connectivity index (χ3n) is 3.78. The van der Waals surface area contributed by atoms with Gasteiger partial charge in [0.1, 0.15) is 5.82 Å². The molecule has 0 saturated heterocycles. The average molecular weight is 390 g/mol. The zero-order valence-electron chi connectivity index (χ0n) is 15.4. The Hall–Kier alpha value is -2.79. The van der Waals surface area contributed by atoms with Crippen LogP contribution in [-0.4, -0.2) is 51.0 Å². The normalized spacial score (nSPS) is 11.9. The van der Waals surface area contributed by atoms with Crippen molar-refractivity contribution < 1.29 is 8.42 Å². The SMILES string of the molecule is Cc1ccn(-c2ccc(NCCNS(=O)(=O)c3cn(C(C)C)cn3)nn2)n1. The molecule has 0 aliphatic carbocycles. The number of rotatable bonds is 8. The number of hydrogen-bond acceptors (Lipinski definition) is 7. The van der Waals surface area contributed by atoms with Crippen molar-refractivity contribution in [1.29, 1.82) is 0 Å². The molecule has 11 heteroatoms. The number of imidazole rings is 1. The van der Waals surface area contributed by atoms with Gasteiger partial charge < -0.3 is 9.88 Å². The molecule has 0 fully saturated rings. The van der Waals surface area contributed by atoms with Gasteiger partial charge in [0, 0.05) is 31.5 Å². The second-order valence-electron chi connectivity index (χ2n) is 6.26. The molecule has 0 atom stereocenters. The van der Waals surface area contributed by atoms with E-state index in [1.165, 1.54) is 12.5 Å². The highest BCUT2D eigenvalue weighted by Crippen LogP contribution is 2.10. The Morgan fingerprint density at radius 1 is 1.15 bits per heavy atom. The van der Waals surface area contributed by atoms with Crippen LogP contribution in [0.4, 0.5) is 5.82 Å². The number of aryl methyl sites for hydroxylation is 1. The fourth-order valence-corrected chi connectivity index (χ4v) is 3.24. The first-order chi connectivity index (χ1) is 12.8. The lowest BCUT2D eigenvalue weighted by atomic mass is 10.4. The third kappa shape index (κ3) is 4.68. The van der Waals surface area contributed by atoms with Crippen molar-refractivity contribution in [1.82, 2.24) is 34.3 Å². The van der Waals surface area contributed by atoms with Crippen molar-refractivity contribution >= 4 is 15.8 Å². The Morgan fingerprint density at radius 3 is 2.56 bits per heavy atom. The zero-order valence-corrected chi connectivity index (χ0v) is 16.2. The molecule has 0 radical (unpaired) electrons. The third-order valence-corrected chi connectivity index (χ3v) is 5.13. The molecule has 144 valence electrons. The number of hydrogen-bond donors (Lipinski definition) is 2. The van der Waals surface area contributed by atoms with E-state index in [1.807, 2.05) is 33.0 Å². The molecule has 10 nitrogen and oxygen atoms in total. The molecule has 3 aromatic rings. The van der Waals surface area contributed by atoms with E-state index in [0.29, 0.717) is 18.2 Å². The summed E-state index contributed by atoms with van der Waals surface area (Å²) in [4.78, 5) is 3.95. The van der Waals surface area contributed by atoms with Crippen LogP contribution in [0.1, 0.15) is 25.6 Å². The Kier molecular flexibility index (Phi) is 5.51. The molecule has 27 heavy (non-hydrogen) atoms. The number of nitrogens with one attached hydrogen (secondary N) is 2. The molecule has 2 N–H and O–H groups in total. The Balaban J connectivity index is 1.50. The summed E-state index contributed by atoms with van der Waals surface area (Å²) in [5, 5.41) is 15.5. The fourth-order valence-electron chi connectivity index (χ4n) is 2.27. The molecule has 0 bridgehead atoms. The Morgan fingerprint density at radius 2 is 1.96 bits per heavy atom. The van der Waals surface area contributed by atoms with Gasteiger partial charge in [-0.05, 0) is 39.0 Å². The minimum absolute atomic E-state index is 0.00913. The number of aromatic nitrogens is 6. The molecule has 0 saturated carbocycles. The van der Waals surface area contributed by atoms with E-state index in [9.17, 15) is 8.42 Å². The number of sulfonamides is 1. The van der Waals surface area contributed by atoms with Crippen LogP contribution in [0.2, 0.25) is 0 Å². The second kappa shape index (κ2) is 7.84. The Labute approximate surface area is 157 Å². The number of nitrogens with zero attached hydrogens (tertiary/aromatic N) is 6. The summed E-state index contributed by atoms with van der Waals surface area (Å²) in [5.41, 5.74) is 0.893. The summed E-state index contributed by atoms with van der Waals surface area (Å²) < 4.78 is 30.3. The lowest BCUT2D eigenvalue weighted by Gasteiger charge is -2.07. The molecule has 3 rings (SSSR count). The maximum atomic E-state index is 12.2. The van der Waals surface area contributed by atoms with Crippen LogP contribution in [0.3, 0.4) is 0 Å². The van der Waals surface area contributed by atoms with Crippen LogP contribution in [0.15, 0.2) is 41.9 Å². The average Bonchev–Trinajstić information content (AvgIpc) is 3.29. The predicted molar refractivity (Wildman–Crippen MR) is 100 cm³/mol. The van der Waals surface area contributed by atoms with E-state index >= 15 is 0 Å². The van der Waals surface area contributed by atoms with Gasteiger partial charge in [-0.25, -0.2) is 22.8 Å². The molecule has 3 aromatic heterocycles. The van der Waals surface area contributed by atoms with Gasteiger partial charge in [0.2, 0.25) is 0 Å². The molecular weight excluding hydrogens is 368 g/mol. The van der Waals surface area contributed by atoms with Crippen LogP contribution in [0, 0.1) is 6.92 Å². The maximum absolute atomic E-state index is 12.2. The van der Waals surface area contributed by atoms with Crippen molar-refractivity contribution in [2.24, 2.45) is 0 Å². The zero-order chi connectivity index (χ0) is 19.4. The molecule has 0 amide bonds. The van der Waals surface area contributed by atoms with E-state index in [-0.39, 0.29) is 17.6 Å². The monoisotopic (exact) mass is 390 g/mol. The molecular formula is C16H22N8O2S. The molecule has 3 heterocycles. The molecule has 0 aromatic carbocycles. The predicted octanol–water partition coefficient (Wildman–Crippen LogP) is 1.14. The largest absolute Gasteiger partial charge is 0.367 e. The summed E-state index contributed by atoms with van der Waals surface area (Å²) >= 11 is 0. The van der Waals surface area contributed by atoms with E-state index < -0.39 is 10.0 Å². The maximum Gasteiger partial charge on any atom is 0.259 e. The van der Waals surface area contributed by atoms with Crippen molar-refractivity contribution in [3.8, 4) is 5.82 Å². The van der Waals surface area contributed by atoms with Gasteiger partial charge in [-0.3, -0.25) is 0 Å². The van der Waals surface area contributed by atoms with E-state index in [1.54, 1.807) is 21.4 Å². The first-order valence-electron chi connectivity index (χ1n) is 8.48. The van der Waals surface area contributed by atoms with Gasteiger partial charge in [0.25, 0.3) is 10.0 Å². The molecule has 0 spiro atoms. The van der Waals surface area contributed by atoms with E-state index in [4.69, 9.17) is 0 Å². The van der Waals surface area contributed by atoms with Crippen molar-refractivity contribution in [2.75, 3.05) is 18.4 Å². The number of anilines is 1. The summed E-state index contributed by atoms with van der Waals surface area (Å²) in [6.45, 7) is 6.36. The fraction of sp³-hybridized carbons (Fsp3) is 0.375. The van der Waals surface area contributed by atoms with Crippen LogP contribution >= 0.6 is 0 Å². The highest BCUT2D eigenvalue weighted by atomic mass is 32.2. The Bertz CT molecular complexity index is 992. The first-order valence-corrected chi connectivity index (χ1v) is 9.97. The summed E-state index contributed by atoms with van der Waals surface area (Å²) in [6.07, 6.45) is 4.83. The molecule has 0 unspecified atom stereocenters. The highest BCUT2D eigenvalue weighted by Gasteiger charge is 2.17. The van der Waals surface area contributed by atoms with Crippen LogP contribution in [0.5, 0.6) is 0 Å². The lowest BCUT2D eigenvalue weighted by Crippen LogP contribution is -2.29. The lowest BCUT2D eigenvalue weighted by molar-refractivity contribution is 0.577. The van der Waals surface area contributed by atoms with Crippen molar-refractivity contribution in [3.05, 3.63) is 42.6 Å². The van der Waals surface area contributed by atoms with E-state index in [0.717, 1.165) is 5.69 Å². The second-order valence-corrected chi connectivity index (χ2v) is 7.97. The summed E-state index contributed by atoms with van der Waals surface area (Å²) in [5.74, 6) is 1.15. The van der Waals surface area contributed by atoms with Crippen LogP contribution in [-0.2, 0) is 10.0 Å². The topological polar surface area (TPSA) is 120 Å². The van der Waals surface area contributed by atoms with Gasteiger partial charge in [-0.2, -0.15) is 5.10 Å². The van der Waals surface area contributed by atoms with Gasteiger partial charge in [0.15, 0.2) is 10.8 Å². The van der Waals surface area contributed by atoms with Crippen molar-refractivity contribution in [2.45, 2.75) is 31.8 Å². The van der Waals surface area contributed by atoms with Crippen molar-refractivity contribution in [3.63, 3.8) is 0 Å². The highest BCUT2D eigenvalue weighted by molar-refractivity contribution is 7.89. The first kappa shape index (κ1) is 19.0.